The van der Waals surface area contributed by atoms with Gasteiger partial charge in [-0.05, 0) is 32.5 Å². The van der Waals surface area contributed by atoms with Crippen LogP contribution in [0.1, 0.15) is 20.8 Å². The molecule has 1 saturated heterocycles. The summed E-state index contributed by atoms with van der Waals surface area (Å²) in [5, 5.41) is 3.34. The average Bonchev–Trinajstić information content (AvgIpc) is 2.58. The minimum atomic E-state index is -1.18. The van der Waals surface area contributed by atoms with Gasteiger partial charge in [-0.15, -0.1) is 0 Å². The molecule has 2 rings (SSSR count). The number of piperazine rings is 1. The lowest BCUT2D eigenvalue weighted by Crippen LogP contribution is -2.54. The molecule has 0 bridgehead atoms. The molecule has 2 amide bonds. The van der Waals surface area contributed by atoms with Crippen LogP contribution in [0.3, 0.4) is 0 Å². The van der Waals surface area contributed by atoms with Crippen molar-refractivity contribution in [2.75, 3.05) is 38.0 Å². The van der Waals surface area contributed by atoms with Gasteiger partial charge in [0.25, 0.3) is 0 Å². The van der Waals surface area contributed by atoms with Crippen molar-refractivity contribution in [3.63, 3.8) is 0 Å². The zero-order valence-electron chi connectivity index (χ0n) is 14.2. The van der Waals surface area contributed by atoms with Gasteiger partial charge >= 0.3 is 0 Å². The minimum Gasteiger partial charge on any atom is -0.339 e. The van der Waals surface area contributed by atoms with Crippen LogP contribution in [0.4, 0.5) is 5.69 Å². The third-order valence-corrected chi connectivity index (χ3v) is 5.23. The van der Waals surface area contributed by atoms with E-state index in [4.69, 9.17) is 23.2 Å². The number of rotatable bonds is 4. The Morgan fingerprint density at radius 3 is 2.38 bits per heavy atom. The van der Waals surface area contributed by atoms with Crippen molar-refractivity contribution in [1.29, 1.82) is 0 Å². The number of nitrogens with one attached hydrogen (secondary N) is 1. The number of benzene rings is 1. The van der Waals surface area contributed by atoms with Gasteiger partial charge in [0.1, 0.15) is 5.41 Å². The summed E-state index contributed by atoms with van der Waals surface area (Å²) < 4.78 is 0. The first-order valence-corrected chi connectivity index (χ1v) is 8.80. The summed E-state index contributed by atoms with van der Waals surface area (Å²) in [6, 6.07) is 5.00. The second kappa shape index (κ2) is 7.72. The molecule has 24 heavy (non-hydrogen) atoms. The Hall–Kier alpha value is -1.30. The van der Waals surface area contributed by atoms with Crippen LogP contribution in [0, 0.1) is 5.41 Å². The second-order valence-corrected chi connectivity index (χ2v) is 7.19. The molecule has 5 nitrogen and oxygen atoms in total. The molecule has 1 aromatic carbocycles. The zero-order chi connectivity index (χ0) is 17.9. The molecule has 0 aromatic heterocycles. The van der Waals surface area contributed by atoms with Gasteiger partial charge in [0, 0.05) is 26.2 Å². The highest BCUT2D eigenvalue weighted by atomic mass is 35.5. The van der Waals surface area contributed by atoms with Crippen LogP contribution in [0.5, 0.6) is 0 Å². The summed E-state index contributed by atoms with van der Waals surface area (Å²) >= 11 is 12.1. The van der Waals surface area contributed by atoms with Crippen molar-refractivity contribution in [3.8, 4) is 0 Å². The number of carbonyl (C=O) groups is 2. The van der Waals surface area contributed by atoms with Crippen molar-refractivity contribution in [1.82, 2.24) is 9.80 Å². The Morgan fingerprint density at radius 2 is 1.79 bits per heavy atom. The average molecular weight is 372 g/mol. The van der Waals surface area contributed by atoms with Crippen LogP contribution >= 0.6 is 23.2 Å². The summed E-state index contributed by atoms with van der Waals surface area (Å²) in [7, 11) is 0. The quantitative estimate of drug-likeness (QED) is 0.827. The van der Waals surface area contributed by atoms with Crippen molar-refractivity contribution in [3.05, 3.63) is 28.2 Å². The van der Waals surface area contributed by atoms with E-state index in [1.54, 1.807) is 36.9 Å². The number of anilines is 1. The molecule has 0 saturated carbocycles. The van der Waals surface area contributed by atoms with Gasteiger partial charge in [0.15, 0.2) is 0 Å². The highest BCUT2D eigenvalue weighted by Crippen LogP contribution is 2.31. The number of halogens is 2. The number of hydrogen-bond acceptors (Lipinski definition) is 3. The van der Waals surface area contributed by atoms with Crippen molar-refractivity contribution < 1.29 is 9.59 Å². The van der Waals surface area contributed by atoms with Gasteiger partial charge in [-0.3, -0.25) is 9.59 Å². The third-order valence-electron chi connectivity index (χ3n) is 4.41. The largest absolute Gasteiger partial charge is 0.339 e. The highest BCUT2D eigenvalue weighted by molar-refractivity contribution is 6.44. The number of hydrogen-bond donors (Lipinski definition) is 1. The highest BCUT2D eigenvalue weighted by Gasteiger charge is 2.40. The number of amides is 2. The fraction of sp³-hybridized carbons (Fsp3) is 0.529. The number of nitrogens with zero attached hydrogens (tertiary/aromatic N) is 2. The molecule has 0 atom stereocenters. The van der Waals surface area contributed by atoms with Crippen LogP contribution in [-0.2, 0) is 9.59 Å². The maximum absolute atomic E-state index is 12.8. The monoisotopic (exact) mass is 371 g/mol. The van der Waals surface area contributed by atoms with Crippen LogP contribution < -0.4 is 5.32 Å². The first-order chi connectivity index (χ1) is 11.3. The van der Waals surface area contributed by atoms with E-state index >= 15 is 0 Å². The number of likely N-dealkylation sites (N-methyl/N-ethyl adjacent to an activating group) is 1. The number of carbonyl (C=O) groups excluding carboxylic acids is 2. The molecule has 1 aliphatic heterocycles. The lowest BCUT2D eigenvalue weighted by molar-refractivity contribution is -0.147. The fourth-order valence-corrected chi connectivity index (χ4v) is 2.99. The maximum Gasteiger partial charge on any atom is 0.239 e. The molecule has 0 spiro atoms. The van der Waals surface area contributed by atoms with Gasteiger partial charge < -0.3 is 15.1 Å². The smallest absolute Gasteiger partial charge is 0.239 e. The van der Waals surface area contributed by atoms with E-state index in [9.17, 15) is 9.59 Å². The van der Waals surface area contributed by atoms with Crippen LogP contribution in [0.2, 0.25) is 10.0 Å². The SMILES string of the molecule is CCN1CCN(C(=O)C(C)(C)C(=O)Nc2cccc(Cl)c2Cl)CC1. The summed E-state index contributed by atoms with van der Waals surface area (Å²) in [4.78, 5) is 29.5. The minimum absolute atomic E-state index is 0.172. The van der Waals surface area contributed by atoms with E-state index in [0.717, 1.165) is 19.6 Å². The summed E-state index contributed by atoms with van der Waals surface area (Å²) in [5.41, 5.74) is -0.772. The lowest BCUT2D eigenvalue weighted by Gasteiger charge is -2.37. The molecule has 1 aromatic rings. The predicted molar refractivity (Wildman–Crippen MR) is 97.6 cm³/mol. The normalized spacial score (nSPS) is 16.1. The Labute approximate surface area is 152 Å². The summed E-state index contributed by atoms with van der Waals surface area (Å²) in [6.07, 6.45) is 0. The second-order valence-electron chi connectivity index (χ2n) is 6.41. The Bertz CT molecular complexity index is 626. The standard InChI is InChI=1S/C17H23Cl2N3O2/c1-4-21-8-10-22(11-9-21)16(24)17(2,3)15(23)20-13-7-5-6-12(18)14(13)19/h5-7H,4,8-11H2,1-3H3,(H,20,23). The van der Waals surface area contributed by atoms with Crippen molar-refractivity contribution >= 4 is 40.7 Å². The van der Waals surface area contributed by atoms with Crippen LogP contribution in [0.25, 0.3) is 0 Å². The molecular formula is C17H23Cl2N3O2. The van der Waals surface area contributed by atoms with E-state index in [1.165, 1.54) is 0 Å². The molecule has 7 heteroatoms. The van der Waals surface area contributed by atoms with E-state index < -0.39 is 11.3 Å². The van der Waals surface area contributed by atoms with Gasteiger partial charge in [-0.2, -0.15) is 0 Å². The molecule has 1 aliphatic rings. The first-order valence-electron chi connectivity index (χ1n) is 8.04. The van der Waals surface area contributed by atoms with Crippen molar-refractivity contribution in [2.24, 2.45) is 5.41 Å². The van der Waals surface area contributed by atoms with Crippen LogP contribution in [0.15, 0.2) is 18.2 Å². The maximum atomic E-state index is 12.8. The van der Waals surface area contributed by atoms with Gasteiger partial charge in [0.05, 0.1) is 15.7 Å². The Balaban J connectivity index is 2.07. The molecule has 1 fully saturated rings. The molecule has 0 aliphatic carbocycles. The van der Waals surface area contributed by atoms with Gasteiger partial charge in [-0.1, -0.05) is 36.2 Å². The molecule has 132 valence electrons. The predicted octanol–water partition coefficient (Wildman–Crippen LogP) is 3.12. The van der Waals surface area contributed by atoms with Crippen molar-refractivity contribution in [2.45, 2.75) is 20.8 Å². The van der Waals surface area contributed by atoms with E-state index in [2.05, 4.69) is 17.1 Å². The van der Waals surface area contributed by atoms with E-state index in [0.29, 0.717) is 23.8 Å². The molecule has 1 N–H and O–H groups in total. The van der Waals surface area contributed by atoms with E-state index in [-0.39, 0.29) is 10.9 Å². The van der Waals surface area contributed by atoms with Gasteiger partial charge in [-0.25, -0.2) is 0 Å². The zero-order valence-corrected chi connectivity index (χ0v) is 15.7. The van der Waals surface area contributed by atoms with Crippen LogP contribution in [-0.4, -0.2) is 54.3 Å². The first kappa shape index (κ1) is 19.0. The molecule has 0 unspecified atom stereocenters. The van der Waals surface area contributed by atoms with E-state index in [1.807, 2.05) is 0 Å². The third kappa shape index (κ3) is 4.02. The Kier molecular flexibility index (Phi) is 6.12. The topological polar surface area (TPSA) is 52.7 Å². The summed E-state index contributed by atoms with van der Waals surface area (Å²) in [5.74, 6) is -0.566. The molecule has 1 heterocycles. The summed E-state index contributed by atoms with van der Waals surface area (Å²) in [6.45, 7) is 9.29. The molecule has 0 radical (unpaired) electrons. The molecular weight excluding hydrogens is 349 g/mol. The van der Waals surface area contributed by atoms with Gasteiger partial charge in [0.2, 0.25) is 11.8 Å². The fourth-order valence-electron chi connectivity index (χ4n) is 2.64. The Morgan fingerprint density at radius 1 is 1.17 bits per heavy atom. The lowest BCUT2D eigenvalue weighted by atomic mass is 9.89.